The van der Waals surface area contributed by atoms with Gasteiger partial charge in [-0.3, -0.25) is 9.59 Å². The molecule has 0 aromatic heterocycles. The lowest BCUT2D eigenvalue weighted by Gasteiger charge is -2.21. The van der Waals surface area contributed by atoms with Crippen LogP contribution in [0.1, 0.15) is 32.3 Å². The van der Waals surface area contributed by atoms with Crippen molar-refractivity contribution in [1.29, 1.82) is 0 Å². The molecule has 4 nitrogen and oxygen atoms in total. The van der Waals surface area contributed by atoms with Crippen LogP contribution in [0.2, 0.25) is 5.02 Å². The molecule has 0 aliphatic heterocycles. The third-order valence-electron chi connectivity index (χ3n) is 3.18. The lowest BCUT2D eigenvalue weighted by Crippen LogP contribution is -2.36. The van der Waals surface area contributed by atoms with Gasteiger partial charge in [0.25, 0.3) is 0 Å². The number of hydrogen-bond donors (Lipinski definition) is 2. The van der Waals surface area contributed by atoms with Gasteiger partial charge >= 0.3 is 5.97 Å². The summed E-state index contributed by atoms with van der Waals surface area (Å²) in [5.41, 5.74) is 0.880. The van der Waals surface area contributed by atoms with Gasteiger partial charge in [-0.05, 0) is 23.6 Å². The predicted molar refractivity (Wildman–Crippen MR) is 78.8 cm³/mol. The summed E-state index contributed by atoms with van der Waals surface area (Å²) in [4.78, 5) is 23.0. The summed E-state index contributed by atoms with van der Waals surface area (Å²) >= 11 is 5.85. The Hall–Kier alpha value is -1.55. The zero-order valence-electron chi connectivity index (χ0n) is 11.9. The highest BCUT2D eigenvalue weighted by molar-refractivity contribution is 6.30. The van der Waals surface area contributed by atoms with E-state index in [1.54, 1.807) is 19.1 Å². The molecule has 0 radical (unpaired) electrons. The largest absolute Gasteiger partial charge is 0.481 e. The van der Waals surface area contributed by atoms with Crippen molar-refractivity contribution in [1.82, 2.24) is 5.32 Å². The number of rotatable bonds is 6. The lowest BCUT2D eigenvalue weighted by atomic mass is 9.87. The molecule has 0 aliphatic carbocycles. The van der Waals surface area contributed by atoms with Gasteiger partial charge in [0.1, 0.15) is 0 Å². The number of hydrogen-bond acceptors (Lipinski definition) is 2. The predicted octanol–water partition coefficient (Wildman–Crippen LogP) is 2.92. The van der Waals surface area contributed by atoms with Crippen molar-refractivity contribution >= 4 is 23.5 Å². The molecule has 1 aromatic rings. The Morgan fingerprint density at radius 2 is 1.75 bits per heavy atom. The number of halogens is 1. The number of carbonyl (C=O) groups is 2. The molecule has 5 heteroatoms. The van der Waals surface area contributed by atoms with Gasteiger partial charge in [-0.2, -0.15) is 0 Å². The van der Waals surface area contributed by atoms with Crippen molar-refractivity contribution in [3.8, 4) is 0 Å². The fourth-order valence-electron chi connectivity index (χ4n) is 1.96. The van der Waals surface area contributed by atoms with E-state index in [4.69, 9.17) is 16.7 Å². The number of carboxylic acid groups (broad SMARTS) is 1. The highest BCUT2D eigenvalue weighted by Crippen LogP contribution is 2.26. The fraction of sp³-hybridized carbons (Fsp3) is 0.467. The lowest BCUT2D eigenvalue weighted by molar-refractivity contribution is -0.141. The Balaban J connectivity index is 2.78. The van der Waals surface area contributed by atoms with Crippen LogP contribution >= 0.6 is 11.6 Å². The molecule has 2 N–H and O–H groups in total. The number of nitrogens with one attached hydrogen (secondary N) is 1. The van der Waals surface area contributed by atoms with E-state index in [0.29, 0.717) is 5.02 Å². The van der Waals surface area contributed by atoms with Crippen molar-refractivity contribution < 1.29 is 14.7 Å². The molecule has 2 atom stereocenters. The number of benzene rings is 1. The fourth-order valence-corrected chi connectivity index (χ4v) is 2.09. The molecule has 20 heavy (non-hydrogen) atoms. The second kappa shape index (κ2) is 7.29. The third-order valence-corrected chi connectivity index (χ3v) is 3.43. The van der Waals surface area contributed by atoms with Crippen LogP contribution in [0.15, 0.2) is 24.3 Å². The first-order chi connectivity index (χ1) is 9.32. The van der Waals surface area contributed by atoms with Gasteiger partial charge in [0.2, 0.25) is 5.91 Å². The minimum absolute atomic E-state index is 0.108. The van der Waals surface area contributed by atoms with E-state index in [9.17, 15) is 9.59 Å². The Morgan fingerprint density at radius 1 is 1.20 bits per heavy atom. The molecule has 0 fully saturated rings. The number of carbonyl (C=O) groups excluding carboxylic acids is 1. The van der Waals surface area contributed by atoms with E-state index in [2.05, 4.69) is 5.32 Å². The Morgan fingerprint density at radius 3 is 2.20 bits per heavy atom. The van der Waals surface area contributed by atoms with Gasteiger partial charge < -0.3 is 10.4 Å². The van der Waals surface area contributed by atoms with Gasteiger partial charge in [-0.1, -0.05) is 44.5 Å². The molecule has 2 unspecified atom stereocenters. The van der Waals surface area contributed by atoms with Crippen LogP contribution < -0.4 is 5.32 Å². The average molecular weight is 298 g/mol. The Kier molecular flexibility index (Phi) is 6.02. The summed E-state index contributed by atoms with van der Waals surface area (Å²) in [6, 6.07) is 7.15. The molecular weight excluding hydrogens is 278 g/mol. The maximum Gasteiger partial charge on any atom is 0.308 e. The third kappa shape index (κ3) is 4.53. The minimum Gasteiger partial charge on any atom is -0.481 e. The Labute approximate surface area is 124 Å². The quantitative estimate of drug-likeness (QED) is 0.848. The molecule has 1 rings (SSSR count). The molecule has 0 spiro atoms. The maximum atomic E-state index is 12.3. The van der Waals surface area contributed by atoms with Crippen LogP contribution in [0.5, 0.6) is 0 Å². The summed E-state index contributed by atoms with van der Waals surface area (Å²) in [7, 11) is 0. The first kappa shape index (κ1) is 16.5. The minimum atomic E-state index is -0.919. The number of carboxylic acids is 1. The van der Waals surface area contributed by atoms with Gasteiger partial charge in [0, 0.05) is 11.6 Å². The van der Waals surface area contributed by atoms with E-state index in [-0.39, 0.29) is 24.3 Å². The molecule has 0 heterocycles. The highest BCUT2D eigenvalue weighted by Gasteiger charge is 2.24. The molecule has 1 amide bonds. The van der Waals surface area contributed by atoms with Crippen molar-refractivity contribution in [3.05, 3.63) is 34.9 Å². The monoisotopic (exact) mass is 297 g/mol. The first-order valence-electron chi connectivity index (χ1n) is 6.59. The summed E-state index contributed by atoms with van der Waals surface area (Å²) in [5, 5.41) is 12.2. The molecule has 1 aromatic carbocycles. The molecular formula is C15H20ClNO3. The summed E-state index contributed by atoms with van der Waals surface area (Å²) in [6.45, 7) is 5.61. The van der Waals surface area contributed by atoms with E-state index in [1.165, 1.54) is 0 Å². The van der Waals surface area contributed by atoms with E-state index in [1.807, 2.05) is 26.0 Å². The van der Waals surface area contributed by atoms with Crippen LogP contribution in [0.25, 0.3) is 0 Å². The van der Waals surface area contributed by atoms with Crippen molar-refractivity contribution in [2.75, 3.05) is 6.54 Å². The van der Waals surface area contributed by atoms with Gasteiger partial charge in [0.15, 0.2) is 0 Å². The van der Waals surface area contributed by atoms with Crippen molar-refractivity contribution in [3.63, 3.8) is 0 Å². The van der Waals surface area contributed by atoms with Gasteiger partial charge in [-0.25, -0.2) is 0 Å². The molecule has 0 saturated carbocycles. The van der Waals surface area contributed by atoms with Gasteiger partial charge in [-0.15, -0.1) is 0 Å². The first-order valence-corrected chi connectivity index (χ1v) is 6.96. The van der Waals surface area contributed by atoms with Crippen LogP contribution in [0, 0.1) is 11.8 Å². The zero-order valence-corrected chi connectivity index (χ0v) is 12.6. The SMILES string of the molecule is CC(CNC(=O)C(c1ccc(Cl)cc1)C(C)C)C(=O)O. The molecule has 0 aliphatic rings. The normalized spacial score (nSPS) is 13.8. The van der Waals surface area contributed by atoms with E-state index >= 15 is 0 Å². The van der Waals surface area contributed by atoms with Crippen LogP contribution in [0.4, 0.5) is 0 Å². The van der Waals surface area contributed by atoms with E-state index < -0.39 is 11.9 Å². The van der Waals surface area contributed by atoms with Crippen LogP contribution in [-0.4, -0.2) is 23.5 Å². The van der Waals surface area contributed by atoms with Crippen molar-refractivity contribution in [2.24, 2.45) is 11.8 Å². The topological polar surface area (TPSA) is 66.4 Å². The summed E-state index contributed by atoms with van der Waals surface area (Å²) < 4.78 is 0. The molecule has 110 valence electrons. The molecule has 0 saturated heterocycles. The number of aliphatic carboxylic acids is 1. The standard InChI is InChI=1S/C15H20ClNO3/c1-9(2)13(11-4-6-12(16)7-5-11)14(18)17-8-10(3)15(19)20/h4-7,9-10,13H,8H2,1-3H3,(H,17,18)(H,19,20). The average Bonchev–Trinajstić information content (AvgIpc) is 2.38. The second-order valence-electron chi connectivity index (χ2n) is 5.26. The maximum absolute atomic E-state index is 12.3. The highest BCUT2D eigenvalue weighted by atomic mass is 35.5. The molecule has 0 bridgehead atoms. The van der Waals surface area contributed by atoms with Crippen molar-refractivity contribution in [2.45, 2.75) is 26.7 Å². The Bertz CT molecular complexity index is 471. The summed E-state index contributed by atoms with van der Waals surface area (Å²) in [6.07, 6.45) is 0. The van der Waals surface area contributed by atoms with Crippen LogP contribution in [-0.2, 0) is 9.59 Å². The zero-order chi connectivity index (χ0) is 15.3. The second-order valence-corrected chi connectivity index (χ2v) is 5.69. The summed E-state index contributed by atoms with van der Waals surface area (Å²) in [5.74, 6) is -1.88. The van der Waals surface area contributed by atoms with Crippen LogP contribution in [0.3, 0.4) is 0 Å². The number of amides is 1. The van der Waals surface area contributed by atoms with Gasteiger partial charge in [0.05, 0.1) is 11.8 Å². The smallest absolute Gasteiger partial charge is 0.308 e. The van der Waals surface area contributed by atoms with E-state index in [0.717, 1.165) is 5.56 Å².